The highest BCUT2D eigenvalue weighted by Gasteiger charge is 2.34. The maximum Gasteiger partial charge on any atom is 0.326 e. The minimum Gasteiger partial charge on any atom is -0.326 e. The maximum atomic E-state index is 12.4. The molecule has 2 heterocycles. The van der Waals surface area contributed by atoms with Crippen LogP contribution in [0.25, 0.3) is 33.8 Å². The Labute approximate surface area is 279 Å². The third-order valence-corrected chi connectivity index (χ3v) is 10.8. The molecule has 7 rings (SSSR count). The number of nitrogens with zero attached hydrogens (tertiary/aromatic N) is 3. The predicted molar refractivity (Wildman–Crippen MR) is 184 cm³/mol. The van der Waals surface area contributed by atoms with Gasteiger partial charge in [-0.15, -0.1) is 0 Å². The van der Waals surface area contributed by atoms with Gasteiger partial charge in [0.2, 0.25) is 0 Å². The summed E-state index contributed by atoms with van der Waals surface area (Å²) in [4.78, 5) is 16.7. The maximum absolute atomic E-state index is 12.4. The van der Waals surface area contributed by atoms with Crippen molar-refractivity contribution in [1.29, 1.82) is 0 Å². The second-order valence-electron chi connectivity index (χ2n) is 11.9. The number of hydrogen-bond donors (Lipinski definition) is 1. The van der Waals surface area contributed by atoms with Crippen LogP contribution >= 0.6 is 23.2 Å². The van der Waals surface area contributed by atoms with E-state index >= 15 is 0 Å². The third-order valence-electron chi connectivity index (χ3n) is 8.84. The highest BCUT2D eigenvalue weighted by Crippen LogP contribution is 2.35. The van der Waals surface area contributed by atoms with Gasteiger partial charge in [0.05, 0.1) is 16.4 Å². The van der Waals surface area contributed by atoms with Crippen molar-refractivity contribution in [2.45, 2.75) is 44.6 Å². The van der Waals surface area contributed by atoms with Crippen LogP contribution in [0.3, 0.4) is 0 Å². The summed E-state index contributed by atoms with van der Waals surface area (Å²) in [7, 11) is -3.90. The SMILES string of the molecule is O=C1CN(c2ccc(-c3nc(-c4ccc(Cl)cc4Cl)cn3Cc3ccc(-c4ccc(C5CCCCC5)cc4)cc3)cc2)S(=O)(=O)N1. The quantitative estimate of drug-likeness (QED) is 0.188. The Hall–Kier alpha value is -4.11. The summed E-state index contributed by atoms with van der Waals surface area (Å²) < 4.78 is 29.8. The normalized spacial score (nSPS) is 16.5. The monoisotopic (exact) mass is 670 g/mol. The molecule has 7 nitrogen and oxygen atoms in total. The second kappa shape index (κ2) is 12.6. The Morgan fingerprint density at radius 2 is 1.46 bits per heavy atom. The summed E-state index contributed by atoms with van der Waals surface area (Å²) >= 11 is 12.7. The number of anilines is 1. The summed E-state index contributed by atoms with van der Waals surface area (Å²) in [6, 6.07) is 29.9. The minimum atomic E-state index is -3.90. The molecule has 0 radical (unpaired) electrons. The molecule has 1 aliphatic heterocycles. The molecule has 1 saturated carbocycles. The molecule has 0 spiro atoms. The highest BCUT2D eigenvalue weighted by atomic mass is 35.5. The van der Waals surface area contributed by atoms with E-state index in [-0.39, 0.29) is 6.54 Å². The van der Waals surface area contributed by atoms with E-state index in [1.54, 1.807) is 36.4 Å². The Morgan fingerprint density at radius 3 is 2.09 bits per heavy atom. The van der Waals surface area contributed by atoms with Gasteiger partial charge in [-0.3, -0.25) is 4.79 Å². The first-order chi connectivity index (χ1) is 22.2. The number of nitrogens with one attached hydrogen (secondary N) is 1. The first kappa shape index (κ1) is 30.5. The first-order valence-electron chi connectivity index (χ1n) is 15.4. The molecule has 0 unspecified atom stereocenters. The molecule has 1 saturated heterocycles. The van der Waals surface area contributed by atoms with Gasteiger partial charge in [-0.2, -0.15) is 8.42 Å². The van der Waals surface area contributed by atoms with E-state index in [2.05, 4.69) is 53.1 Å². The predicted octanol–water partition coefficient (Wildman–Crippen LogP) is 8.47. The number of carbonyl (C=O) groups is 1. The number of hydrogen-bond acceptors (Lipinski definition) is 4. The molecule has 0 bridgehead atoms. The molecule has 46 heavy (non-hydrogen) atoms. The second-order valence-corrected chi connectivity index (χ2v) is 14.4. The number of carbonyl (C=O) groups excluding carboxylic acids is 1. The van der Waals surface area contributed by atoms with Gasteiger partial charge in [0.15, 0.2) is 0 Å². The number of benzene rings is 4. The van der Waals surface area contributed by atoms with Gasteiger partial charge in [0.1, 0.15) is 12.4 Å². The number of rotatable bonds is 7. The van der Waals surface area contributed by atoms with Gasteiger partial charge in [-0.25, -0.2) is 14.0 Å². The van der Waals surface area contributed by atoms with Crippen LogP contribution in [-0.4, -0.2) is 30.4 Å². The van der Waals surface area contributed by atoms with Gasteiger partial charge in [0, 0.05) is 28.9 Å². The molecule has 234 valence electrons. The molecule has 1 aromatic heterocycles. The van der Waals surface area contributed by atoms with Gasteiger partial charge >= 0.3 is 10.2 Å². The lowest BCUT2D eigenvalue weighted by atomic mass is 9.84. The van der Waals surface area contributed by atoms with Crippen LogP contribution in [0, 0.1) is 0 Å². The fraction of sp³-hybridized carbons (Fsp3) is 0.222. The lowest BCUT2D eigenvalue weighted by Crippen LogP contribution is -2.29. The van der Waals surface area contributed by atoms with E-state index in [0.29, 0.717) is 39.7 Å². The molecule has 1 N–H and O–H groups in total. The van der Waals surface area contributed by atoms with Gasteiger partial charge in [-0.1, -0.05) is 91.0 Å². The van der Waals surface area contributed by atoms with Crippen molar-refractivity contribution in [2.75, 3.05) is 10.8 Å². The summed E-state index contributed by atoms with van der Waals surface area (Å²) in [6.07, 6.45) is 8.56. The van der Waals surface area contributed by atoms with Crippen molar-refractivity contribution >= 4 is 45.0 Å². The fourth-order valence-corrected chi connectivity index (χ4v) is 8.08. The van der Waals surface area contributed by atoms with E-state index in [4.69, 9.17) is 28.2 Å². The topological polar surface area (TPSA) is 84.3 Å². The molecule has 10 heteroatoms. The summed E-state index contributed by atoms with van der Waals surface area (Å²) in [5.41, 5.74) is 7.53. The van der Waals surface area contributed by atoms with Crippen LogP contribution in [0.15, 0.2) is 97.2 Å². The van der Waals surface area contributed by atoms with E-state index in [1.165, 1.54) is 48.8 Å². The largest absolute Gasteiger partial charge is 0.326 e. The van der Waals surface area contributed by atoms with E-state index in [1.807, 2.05) is 17.0 Å². The summed E-state index contributed by atoms with van der Waals surface area (Å²) in [5.74, 6) is 0.813. The Morgan fingerprint density at radius 1 is 0.804 bits per heavy atom. The highest BCUT2D eigenvalue weighted by molar-refractivity contribution is 7.92. The number of imidazole rings is 1. The molecular formula is C36H32Cl2N4O3S. The number of amides is 1. The van der Waals surface area contributed by atoms with Crippen molar-refractivity contribution < 1.29 is 13.2 Å². The van der Waals surface area contributed by atoms with Gasteiger partial charge in [-0.05, 0) is 83.5 Å². The van der Waals surface area contributed by atoms with Gasteiger partial charge in [0.25, 0.3) is 5.91 Å². The van der Waals surface area contributed by atoms with Crippen molar-refractivity contribution in [3.63, 3.8) is 0 Å². The summed E-state index contributed by atoms with van der Waals surface area (Å²) in [6.45, 7) is 0.297. The van der Waals surface area contributed by atoms with Crippen LogP contribution in [-0.2, 0) is 21.5 Å². The van der Waals surface area contributed by atoms with E-state index in [9.17, 15) is 13.2 Å². The molecule has 2 aliphatic rings. The molecule has 1 aliphatic carbocycles. The average molecular weight is 672 g/mol. The Balaban J connectivity index is 1.17. The average Bonchev–Trinajstić information content (AvgIpc) is 3.60. The molecule has 2 fully saturated rings. The molecule has 0 atom stereocenters. The number of halogens is 2. The lowest BCUT2D eigenvalue weighted by Gasteiger charge is -2.22. The van der Waals surface area contributed by atoms with Gasteiger partial charge < -0.3 is 4.57 Å². The standard InChI is InChI=1S/C36H32Cl2N4O3S/c37-30-16-19-32(33(38)20-30)34-22-41(36(39-34)29-14-17-31(18-15-29)42-23-35(43)40-46(42,44)45)21-24-6-8-26(9-7-24)28-12-10-27(11-13-28)25-4-2-1-3-5-25/h6-20,22,25H,1-5,21,23H2,(H,40,43). The van der Waals surface area contributed by atoms with Crippen LogP contribution in [0.4, 0.5) is 5.69 Å². The summed E-state index contributed by atoms with van der Waals surface area (Å²) in [5, 5.41) is 1.03. The smallest absolute Gasteiger partial charge is 0.326 e. The van der Waals surface area contributed by atoms with Crippen molar-refractivity contribution in [3.8, 4) is 33.8 Å². The third kappa shape index (κ3) is 6.30. The van der Waals surface area contributed by atoms with E-state index < -0.39 is 16.1 Å². The van der Waals surface area contributed by atoms with Crippen LogP contribution in [0.2, 0.25) is 10.0 Å². The Bertz CT molecular complexity index is 2000. The zero-order chi connectivity index (χ0) is 31.8. The van der Waals surface area contributed by atoms with Crippen LogP contribution in [0.1, 0.15) is 49.1 Å². The molecule has 4 aromatic carbocycles. The van der Waals surface area contributed by atoms with Crippen molar-refractivity contribution in [1.82, 2.24) is 14.3 Å². The van der Waals surface area contributed by atoms with Crippen LogP contribution in [0.5, 0.6) is 0 Å². The first-order valence-corrected chi connectivity index (χ1v) is 17.6. The molecular weight excluding hydrogens is 639 g/mol. The molecule has 1 amide bonds. The fourth-order valence-electron chi connectivity index (χ4n) is 6.43. The zero-order valence-corrected chi connectivity index (χ0v) is 27.3. The van der Waals surface area contributed by atoms with Crippen molar-refractivity contribution in [2.24, 2.45) is 0 Å². The van der Waals surface area contributed by atoms with E-state index in [0.717, 1.165) is 21.0 Å². The number of aromatic nitrogens is 2. The minimum absolute atomic E-state index is 0.254. The Kier molecular flexibility index (Phi) is 8.36. The van der Waals surface area contributed by atoms with Crippen molar-refractivity contribution in [3.05, 3.63) is 118 Å². The molecule has 5 aromatic rings. The lowest BCUT2D eigenvalue weighted by molar-refractivity contribution is -0.117. The zero-order valence-electron chi connectivity index (χ0n) is 25.0. The van der Waals surface area contributed by atoms with Crippen LogP contribution < -0.4 is 9.03 Å².